The highest BCUT2D eigenvalue weighted by Gasteiger charge is 2.30. The predicted octanol–water partition coefficient (Wildman–Crippen LogP) is 5.85. The summed E-state index contributed by atoms with van der Waals surface area (Å²) in [6.45, 7) is 9.08. The molecular formula is C32H31F3N6O4. The van der Waals surface area contributed by atoms with Crippen LogP contribution in [-0.4, -0.2) is 74.8 Å². The molecular weight excluding hydrogens is 589 g/mol. The molecule has 4 heterocycles. The number of aromatic nitrogens is 4. The van der Waals surface area contributed by atoms with E-state index in [2.05, 4.69) is 38.7 Å². The molecule has 5 aromatic rings. The van der Waals surface area contributed by atoms with Gasteiger partial charge in [-0.05, 0) is 56.3 Å². The Morgan fingerprint density at radius 1 is 1.00 bits per heavy atom. The van der Waals surface area contributed by atoms with E-state index in [1.807, 2.05) is 18.2 Å². The number of piperazine rings is 1. The highest BCUT2D eigenvalue weighted by molar-refractivity contribution is 5.95. The Bertz CT molecular complexity index is 1810. The maximum absolute atomic E-state index is 13.1. The summed E-state index contributed by atoms with van der Waals surface area (Å²) < 4.78 is 57.2. The molecule has 1 saturated heterocycles. The van der Waals surface area contributed by atoms with Crippen molar-refractivity contribution in [2.75, 3.05) is 33.3 Å². The van der Waals surface area contributed by atoms with Gasteiger partial charge in [-0.1, -0.05) is 6.07 Å². The molecule has 0 unspecified atom stereocenters. The second-order valence-corrected chi connectivity index (χ2v) is 11.0. The summed E-state index contributed by atoms with van der Waals surface area (Å²) in [4.78, 5) is 26.7. The number of hydrogen-bond donors (Lipinski definition) is 0. The molecule has 0 spiro atoms. The van der Waals surface area contributed by atoms with Crippen molar-refractivity contribution in [3.63, 3.8) is 0 Å². The standard InChI is InChI=1S/C32H31F3N6O4/c1-20(2)40-13-11-39(12-14-40)19-24-17-37-30(44-24)25-5-4-6-28-27(25)18-38-41(28)22-15-26(29(43-3)36-16-22)31(42)45-23-9-7-21(8-10-23)32(33,34)35/h4-10,15-18,20H,11-14,19H2,1-3H3. The fourth-order valence-corrected chi connectivity index (χ4v) is 5.35. The molecule has 1 fully saturated rings. The lowest BCUT2D eigenvalue weighted by Gasteiger charge is -2.36. The normalized spacial score (nSPS) is 14.7. The van der Waals surface area contributed by atoms with Crippen LogP contribution in [0.2, 0.25) is 0 Å². The number of oxazole rings is 1. The highest BCUT2D eigenvalue weighted by Crippen LogP contribution is 2.32. The first-order chi connectivity index (χ1) is 21.6. The quantitative estimate of drug-likeness (QED) is 0.156. The third-order valence-electron chi connectivity index (χ3n) is 7.80. The van der Waals surface area contributed by atoms with Gasteiger partial charge in [0.05, 0.1) is 49.0 Å². The number of fused-ring (bicyclic) bond motifs is 1. The van der Waals surface area contributed by atoms with Crippen molar-refractivity contribution in [1.29, 1.82) is 0 Å². The number of pyridine rings is 1. The van der Waals surface area contributed by atoms with Crippen LogP contribution >= 0.6 is 0 Å². The van der Waals surface area contributed by atoms with Gasteiger partial charge in [-0.2, -0.15) is 18.3 Å². The summed E-state index contributed by atoms with van der Waals surface area (Å²) in [7, 11) is 1.35. The molecule has 45 heavy (non-hydrogen) atoms. The second kappa shape index (κ2) is 12.3. The molecule has 13 heteroatoms. The number of benzene rings is 2. The van der Waals surface area contributed by atoms with Gasteiger partial charge >= 0.3 is 12.1 Å². The molecule has 10 nitrogen and oxygen atoms in total. The van der Waals surface area contributed by atoms with E-state index >= 15 is 0 Å². The number of rotatable bonds is 8. The van der Waals surface area contributed by atoms with Gasteiger partial charge in [-0.3, -0.25) is 9.80 Å². The Balaban J connectivity index is 1.23. The minimum atomic E-state index is -4.51. The zero-order valence-corrected chi connectivity index (χ0v) is 24.9. The van der Waals surface area contributed by atoms with Crippen LogP contribution < -0.4 is 9.47 Å². The topological polar surface area (TPSA) is 98.8 Å². The van der Waals surface area contributed by atoms with Gasteiger partial charge in [-0.25, -0.2) is 19.4 Å². The average Bonchev–Trinajstić information content (AvgIpc) is 3.68. The zero-order chi connectivity index (χ0) is 31.7. The highest BCUT2D eigenvalue weighted by atomic mass is 19.4. The fraction of sp³-hybridized carbons (Fsp3) is 0.312. The lowest BCUT2D eigenvalue weighted by atomic mass is 10.1. The number of halogens is 3. The summed E-state index contributed by atoms with van der Waals surface area (Å²) in [6, 6.07) is 11.5. The van der Waals surface area contributed by atoms with Crippen molar-refractivity contribution in [2.45, 2.75) is 32.6 Å². The Labute approximate surface area is 257 Å². The number of hydrogen-bond acceptors (Lipinski definition) is 9. The number of alkyl halides is 3. The first kappa shape index (κ1) is 30.3. The lowest BCUT2D eigenvalue weighted by molar-refractivity contribution is -0.137. The van der Waals surface area contributed by atoms with Crippen LogP contribution in [0.1, 0.15) is 35.5 Å². The Morgan fingerprint density at radius 3 is 2.44 bits per heavy atom. The molecule has 234 valence electrons. The van der Waals surface area contributed by atoms with E-state index in [1.165, 1.54) is 19.4 Å². The third-order valence-corrected chi connectivity index (χ3v) is 7.80. The number of ether oxygens (including phenoxy) is 2. The first-order valence-corrected chi connectivity index (χ1v) is 14.4. The first-order valence-electron chi connectivity index (χ1n) is 14.4. The van der Waals surface area contributed by atoms with Gasteiger partial charge < -0.3 is 13.9 Å². The summed E-state index contributed by atoms with van der Waals surface area (Å²) in [5.41, 5.74) is 1.04. The smallest absolute Gasteiger partial charge is 0.416 e. The molecule has 2 aromatic carbocycles. The molecule has 0 atom stereocenters. The van der Waals surface area contributed by atoms with Crippen molar-refractivity contribution in [2.24, 2.45) is 0 Å². The molecule has 0 bridgehead atoms. The summed E-state index contributed by atoms with van der Waals surface area (Å²) in [5, 5.41) is 5.32. The SMILES string of the molecule is COc1ncc(-n2ncc3c(-c4ncc(CN5CCN(C(C)C)CC5)o4)cccc32)cc1C(=O)Oc1ccc(C(F)(F)F)cc1. The van der Waals surface area contributed by atoms with E-state index in [-0.39, 0.29) is 17.2 Å². The van der Waals surface area contributed by atoms with Crippen LogP contribution in [0.5, 0.6) is 11.6 Å². The van der Waals surface area contributed by atoms with Crippen molar-refractivity contribution in [1.82, 2.24) is 29.5 Å². The van der Waals surface area contributed by atoms with Crippen LogP contribution in [0.3, 0.4) is 0 Å². The zero-order valence-electron chi connectivity index (χ0n) is 24.9. The van der Waals surface area contributed by atoms with E-state index < -0.39 is 17.7 Å². The molecule has 0 saturated carbocycles. The van der Waals surface area contributed by atoms with Crippen molar-refractivity contribution < 1.29 is 31.9 Å². The van der Waals surface area contributed by atoms with E-state index in [0.29, 0.717) is 29.7 Å². The maximum atomic E-state index is 13.1. The Kier molecular flexibility index (Phi) is 8.30. The molecule has 0 radical (unpaired) electrons. The molecule has 1 aliphatic heterocycles. The van der Waals surface area contributed by atoms with E-state index in [4.69, 9.17) is 13.9 Å². The van der Waals surface area contributed by atoms with E-state index in [9.17, 15) is 18.0 Å². The van der Waals surface area contributed by atoms with Crippen LogP contribution in [0.25, 0.3) is 28.0 Å². The number of carbonyl (C=O) groups excluding carboxylic acids is 1. The number of methoxy groups -OCH3 is 1. The van der Waals surface area contributed by atoms with Crippen molar-refractivity contribution >= 4 is 16.9 Å². The van der Waals surface area contributed by atoms with Gasteiger partial charge in [-0.15, -0.1) is 0 Å². The predicted molar refractivity (Wildman–Crippen MR) is 159 cm³/mol. The van der Waals surface area contributed by atoms with E-state index in [1.54, 1.807) is 17.1 Å². The van der Waals surface area contributed by atoms with E-state index in [0.717, 1.165) is 67.2 Å². The monoisotopic (exact) mass is 620 g/mol. The van der Waals surface area contributed by atoms with Crippen LogP contribution in [-0.2, 0) is 12.7 Å². The molecule has 0 amide bonds. The Hall–Kier alpha value is -4.75. The number of esters is 1. The maximum Gasteiger partial charge on any atom is 0.416 e. The third kappa shape index (κ3) is 6.40. The average molecular weight is 621 g/mol. The molecule has 6 rings (SSSR count). The molecule has 3 aromatic heterocycles. The molecule has 0 aliphatic carbocycles. The minimum absolute atomic E-state index is 0.00857. The lowest BCUT2D eigenvalue weighted by Crippen LogP contribution is -2.48. The van der Waals surface area contributed by atoms with Crippen LogP contribution in [0, 0.1) is 0 Å². The fourth-order valence-electron chi connectivity index (χ4n) is 5.35. The summed E-state index contributed by atoms with van der Waals surface area (Å²) in [6.07, 6.45) is 0.434. The summed E-state index contributed by atoms with van der Waals surface area (Å²) in [5.74, 6) is 0.340. The molecule has 0 N–H and O–H groups in total. The van der Waals surface area contributed by atoms with Gasteiger partial charge in [0.15, 0.2) is 0 Å². The van der Waals surface area contributed by atoms with Crippen molar-refractivity contribution in [3.8, 4) is 28.8 Å². The second-order valence-electron chi connectivity index (χ2n) is 11.0. The Morgan fingerprint density at radius 2 is 1.76 bits per heavy atom. The van der Waals surface area contributed by atoms with Gasteiger partial charge in [0.25, 0.3) is 0 Å². The number of nitrogens with zero attached hydrogens (tertiary/aromatic N) is 6. The van der Waals surface area contributed by atoms with Crippen LogP contribution in [0.4, 0.5) is 13.2 Å². The van der Waals surface area contributed by atoms with Gasteiger partial charge in [0.2, 0.25) is 11.8 Å². The largest absolute Gasteiger partial charge is 0.480 e. The van der Waals surface area contributed by atoms with Crippen molar-refractivity contribution in [3.05, 3.63) is 84.0 Å². The minimum Gasteiger partial charge on any atom is -0.480 e. The molecule has 1 aliphatic rings. The van der Waals surface area contributed by atoms with Gasteiger partial charge in [0, 0.05) is 43.2 Å². The summed E-state index contributed by atoms with van der Waals surface area (Å²) >= 11 is 0. The van der Waals surface area contributed by atoms with Gasteiger partial charge in [0.1, 0.15) is 17.1 Å². The van der Waals surface area contributed by atoms with Crippen LogP contribution in [0.15, 0.2) is 71.5 Å². The number of carbonyl (C=O) groups is 1.